The number of alkyl halides is 4. The average molecular weight is 581 g/mol. The SMILES string of the molecule is Cn1cc(CC(F)F)c2[nH]c(-c3ccnc(NC(=O)[C@@H](CC(F)F)c4ccc(F)cc4)c3)c(-c3ccccc3)c2c1=O. The van der Waals surface area contributed by atoms with E-state index in [2.05, 4.69) is 15.3 Å². The van der Waals surface area contributed by atoms with Gasteiger partial charge in [0.15, 0.2) is 0 Å². The number of hydrogen-bond donors (Lipinski definition) is 2. The number of aryl methyl sites for hydroxylation is 1. The second-order valence-corrected chi connectivity index (χ2v) is 9.81. The third-order valence-electron chi connectivity index (χ3n) is 6.94. The van der Waals surface area contributed by atoms with Crippen molar-refractivity contribution >= 4 is 22.6 Å². The second kappa shape index (κ2) is 12.0. The fourth-order valence-corrected chi connectivity index (χ4v) is 5.05. The number of anilines is 1. The first kappa shape index (κ1) is 28.7. The van der Waals surface area contributed by atoms with Gasteiger partial charge in [0, 0.05) is 43.4 Å². The highest BCUT2D eigenvalue weighted by Gasteiger charge is 2.26. The van der Waals surface area contributed by atoms with Crippen molar-refractivity contribution in [3.63, 3.8) is 0 Å². The quantitative estimate of drug-likeness (QED) is 0.186. The van der Waals surface area contributed by atoms with Crippen LogP contribution in [0.25, 0.3) is 33.3 Å². The van der Waals surface area contributed by atoms with E-state index in [4.69, 9.17) is 0 Å². The maximum Gasteiger partial charge on any atom is 0.260 e. The highest BCUT2D eigenvalue weighted by Crippen LogP contribution is 2.38. The van der Waals surface area contributed by atoms with E-state index in [0.717, 1.165) is 12.1 Å². The molecule has 3 heterocycles. The van der Waals surface area contributed by atoms with Crippen LogP contribution in [-0.4, -0.2) is 33.3 Å². The summed E-state index contributed by atoms with van der Waals surface area (Å²) in [7, 11) is 1.50. The molecule has 0 fully saturated rings. The first-order valence-corrected chi connectivity index (χ1v) is 13.0. The number of hydrogen-bond acceptors (Lipinski definition) is 3. The number of H-pyrrole nitrogens is 1. The average Bonchev–Trinajstić information content (AvgIpc) is 3.37. The maximum absolute atomic E-state index is 13.5. The Morgan fingerprint density at radius 3 is 2.36 bits per heavy atom. The molecule has 0 aliphatic rings. The van der Waals surface area contributed by atoms with Crippen molar-refractivity contribution in [3.8, 4) is 22.4 Å². The molecule has 3 aromatic heterocycles. The third-order valence-corrected chi connectivity index (χ3v) is 6.94. The number of aromatic amines is 1. The number of carbonyl (C=O) groups is 1. The van der Waals surface area contributed by atoms with Crippen molar-refractivity contribution in [2.45, 2.75) is 31.6 Å². The molecule has 0 aliphatic heterocycles. The van der Waals surface area contributed by atoms with Gasteiger partial charge in [0.2, 0.25) is 18.8 Å². The van der Waals surface area contributed by atoms with E-state index < -0.39 is 43.3 Å². The molecule has 5 aromatic rings. The summed E-state index contributed by atoms with van der Waals surface area (Å²) in [5.74, 6) is -2.57. The number of aromatic nitrogens is 3. The summed E-state index contributed by atoms with van der Waals surface area (Å²) >= 11 is 0. The summed E-state index contributed by atoms with van der Waals surface area (Å²) in [6, 6.07) is 16.8. The van der Waals surface area contributed by atoms with E-state index in [9.17, 15) is 31.5 Å². The lowest BCUT2D eigenvalue weighted by atomic mass is 9.95. The zero-order chi connectivity index (χ0) is 30.0. The van der Waals surface area contributed by atoms with Crippen LogP contribution >= 0.6 is 0 Å². The fraction of sp³-hybridized carbons (Fsp3) is 0.194. The first-order chi connectivity index (χ1) is 20.1. The highest BCUT2D eigenvalue weighted by molar-refractivity contribution is 6.05. The predicted molar refractivity (Wildman–Crippen MR) is 150 cm³/mol. The van der Waals surface area contributed by atoms with Crippen molar-refractivity contribution in [1.82, 2.24) is 14.5 Å². The molecule has 0 bridgehead atoms. The van der Waals surface area contributed by atoms with E-state index in [1.807, 2.05) is 0 Å². The van der Waals surface area contributed by atoms with Crippen LogP contribution in [0.4, 0.5) is 27.8 Å². The predicted octanol–water partition coefficient (Wildman–Crippen LogP) is 6.92. The van der Waals surface area contributed by atoms with Gasteiger partial charge in [-0.25, -0.2) is 26.9 Å². The molecule has 1 atom stereocenters. The maximum atomic E-state index is 13.5. The number of halogens is 5. The Hall–Kier alpha value is -4.80. The Labute approximate surface area is 236 Å². The van der Waals surface area contributed by atoms with Gasteiger partial charge in [-0.15, -0.1) is 0 Å². The van der Waals surface area contributed by atoms with Gasteiger partial charge in [0.05, 0.1) is 22.5 Å². The van der Waals surface area contributed by atoms with Gasteiger partial charge in [-0.2, -0.15) is 0 Å². The minimum absolute atomic E-state index is 0.0391. The Balaban J connectivity index is 1.61. The Morgan fingerprint density at radius 2 is 1.69 bits per heavy atom. The molecule has 0 aliphatic carbocycles. The highest BCUT2D eigenvalue weighted by atomic mass is 19.3. The first-order valence-electron chi connectivity index (χ1n) is 13.0. The molecular weight excluding hydrogens is 555 g/mol. The lowest BCUT2D eigenvalue weighted by Gasteiger charge is -2.17. The number of nitrogens with zero attached hydrogens (tertiary/aromatic N) is 2. The van der Waals surface area contributed by atoms with E-state index >= 15 is 0 Å². The van der Waals surface area contributed by atoms with Gasteiger partial charge < -0.3 is 14.9 Å². The summed E-state index contributed by atoms with van der Waals surface area (Å²) < 4.78 is 68.4. The zero-order valence-electron chi connectivity index (χ0n) is 22.3. The molecule has 6 nitrogen and oxygen atoms in total. The summed E-state index contributed by atoms with van der Waals surface area (Å²) in [6.45, 7) is 0. The van der Waals surface area contributed by atoms with Crippen molar-refractivity contribution in [2.75, 3.05) is 5.32 Å². The van der Waals surface area contributed by atoms with Crippen LogP contribution < -0.4 is 10.9 Å². The van der Waals surface area contributed by atoms with Gasteiger partial charge in [-0.3, -0.25) is 9.59 Å². The fourth-order valence-electron chi connectivity index (χ4n) is 5.05. The topological polar surface area (TPSA) is 79.8 Å². The second-order valence-electron chi connectivity index (χ2n) is 9.81. The molecule has 1 amide bonds. The number of amides is 1. The zero-order valence-corrected chi connectivity index (χ0v) is 22.3. The number of nitrogens with one attached hydrogen (secondary N) is 2. The van der Waals surface area contributed by atoms with E-state index in [1.165, 1.54) is 42.2 Å². The molecule has 42 heavy (non-hydrogen) atoms. The number of benzene rings is 2. The number of pyridine rings is 2. The lowest BCUT2D eigenvalue weighted by molar-refractivity contribution is -0.118. The summed E-state index contributed by atoms with van der Waals surface area (Å²) in [4.78, 5) is 33.8. The van der Waals surface area contributed by atoms with Gasteiger partial charge in [0.1, 0.15) is 11.6 Å². The molecule has 0 saturated heterocycles. The lowest BCUT2D eigenvalue weighted by Crippen LogP contribution is -2.23. The van der Waals surface area contributed by atoms with Gasteiger partial charge in [-0.1, -0.05) is 42.5 Å². The van der Waals surface area contributed by atoms with Crippen molar-refractivity contribution in [1.29, 1.82) is 0 Å². The number of fused-ring (bicyclic) bond motifs is 1. The molecule has 2 aromatic carbocycles. The third kappa shape index (κ3) is 5.95. The molecule has 11 heteroatoms. The van der Waals surface area contributed by atoms with Crippen LogP contribution in [0.5, 0.6) is 0 Å². The normalized spacial score (nSPS) is 12.3. The standard InChI is InChI=1S/C31H25F5N4O2/c1-40-16-20(13-23(33)34)29-27(31(40)42)26(18-5-3-2-4-6-18)28(39-29)19-11-12-37-25(14-19)38-30(41)22(15-24(35)36)17-7-9-21(32)10-8-17/h2-12,14,16,22-24,39H,13,15H2,1H3,(H,37,38,41)/t22-/m0/s1. The molecule has 0 radical (unpaired) electrons. The monoisotopic (exact) mass is 580 g/mol. The molecule has 216 valence electrons. The molecule has 0 unspecified atom stereocenters. The Kier molecular flexibility index (Phi) is 8.19. The summed E-state index contributed by atoms with van der Waals surface area (Å²) in [5.41, 5.74) is 2.37. The van der Waals surface area contributed by atoms with Gasteiger partial charge in [-0.05, 0) is 41.0 Å². The Morgan fingerprint density at radius 1 is 0.976 bits per heavy atom. The molecule has 5 rings (SSSR count). The minimum Gasteiger partial charge on any atom is -0.354 e. The largest absolute Gasteiger partial charge is 0.354 e. The van der Waals surface area contributed by atoms with Crippen LogP contribution in [-0.2, 0) is 18.3 Å². The molecule has 0 spiro atoms. The van der Waals surface area contributed by atoms with Crippen LogP contribution in [0.1, 0.15) is 23.5 Å². The van der Waals surface area contributed by atoms with Crippen molar-refractivity contribution < 1.29 is 26.7 Å². The molecular formula is C31H25F5N4O2. The number of rotatable bonds is 9. The molecule has 0 saturated carbocycles. The summed E-state index contributed by atoms with van der Waals surface area (Å²) in [6.07, 6.45) is -4.04. The summed E-state index contributed by atoms with van der Waals surface area (Å²) in [5, 5.41) is 2.79. The smallest absolute Gasteiger partial charge is 0.260 e. The van der Waals surface area contributed by atoms with E-state index in [1.54, 1.807) is 36.4 Å². The van der Waals surface area contributed by atoms with Gasteiger partial charge in [0.25, 0.3) is 5.56 Å². The van der Waals surface area contributed by atoms with Crippen LogP contribution in [0.3, 0.4) is 0 Å². The van der Waals surface area contributed by atoms with Crippen LogP contribution in [0, 0.1) is 5.82 Å². The van der Waals surface area contributed by atoms with E-state index in [0.29, 0.717) is 22.4 Å². The van der Waals surface area contributed by atoms with E-state index in [-0.39, 0.29) is 33.4 Å². The van der Waals surface area contributed by atoms with Crippen LogP contribution in [0.2, 0.25) is 0 Å². The van der Waals surface area contributed by atoms with Crippen LogP contribution in [0.15, 0.2) is 83.9 Å². The number of carbonyl (C=O) groups excluding carboxylic acids is 1. The van der Waals surface area contributed by atoms with Crippen molar-refractivity contribution in [2.24, 2.45) is 7.05 Å². The van der Waals surface area contributed by atoms with Gasteiger partial charge >= 0.3 is 0 Å². The molecule has 2 N–H and O–H groups in total. The van der Waals surface area contributed by atoms with Crippen molar-refractivity contribution in [3.05, 3.63) is 106 Å². The Bertz CT molecular complexity index is 1780. The minimum atomic E-state index is -2.80.